The number of nitrogens with zero attached hydrogens (tertiary/aromatic N) is 2. The molecular formula is C13H11Cl3N2O4S. The summed E-state index contributed by atoms with van der Waals surface area (Å²) in [5, 5.41) is 4.26. The molecule has 0 saturated carbocycles. The number of benzene rings is 1. The molecule has 0 aliphatic carbocycles. The highest BCUT2D eigenvalue weighted by Crippen LogP contribution is 2.38. The van der Waals surface area contributed by atoms with Gasteiger partial charge in [0.1, 0.15) is 0 Å². The number of aromatic nitrogens is 2. The van der Waals surface area contributed by atoms with Crippen molar-refractivity contribution >= 4 is 44.9 Å². The minimum Gasteiger partial charge on any atom is -0.476 e. The van der Waals surface area contributed by atoms with Crippen molar-refractivity contribution in [1.29, 1.82) is 0 Å². The van der Waals surface area contributed by atoms with Gasteiger partial charge >= 0.3 is 10.1 Å². The molecule has 0 N–H and O–H groups in total. The van der Waals surface area contributed by atoms with Crippen LogP contribution < -0.4 is 8.92 Å². The average molecular weight is 398 g/mol. The van der Waals surface area contributed by atoms with Crippen LogP contribution in [-0.4, -0.2) is 24.8 Å². The van der Waals surface area contributed by atoms with E-state index in [-0.39, 0.29) is 37.5 Å². The maximum absolute atomic E-state index is 12.5. The lowest BCUT2D eigenvalue weighted by Crippen LogP contribution is -2.24. The Morgan fingerprint density at radius 1 is 1.30 bits per heavy atom. The van der Waals surface area contributed by atoms with Gasteiger partial charge in [0.15, 0.2) is 10.6 Å². The zero-order chi connectivity index (χ0) is 16.8. The van der Waals surface area contributed by atoms with Crippen LogP contribution in [0.3, 0.4) is 0 Å². The van der Waals surface area contributed by atoms with Crippen molar-refractivity contribution in [3.63, 3.8) is 0 Å². The van der Waals surface area contributed by atoms with E-state index in [4.69, 9.17) is 43.7 Å². The third kappa shape index (κ3) is 3.24. The van der Waals surface area contributed by atoms with Crippen molar-refractivity contribution < 1.29 is 17.3 Å². The first-order valence-corrected chi connectivity index (χ1v) is 9.10. The molecule has 2 aromatic rings. The summed E-state index contributed by atoms with van der Waals surface area (Å²) in [5.41, 5.74) is 0. The Kier molecular flexibility index (Phi) is 4.39. The number of ether oxygens (including phenoxy) is 1. The topological polar surface area (TPSA) is 70.4 Å². The fourth-order valence-corrected chi connectivity index (χ4v) is 4.17. The highest BCUT2D eigenvalue weighted by atomic mass is 35.5. The maximum Gasteiger partial charge on any atom is 0.346 e. The van der Waals surface area contributed by atoms with Crippen LogP contribution in [0.4, 0.5) is 0 Å². The maximum atomic E-state index is 12.5. The summed E-state index contributed by atoms with van der Waals surface area (Å²) < 4.78 is 37.0. The van der Waals surface area contributed by atoms with Gasteiger partial charge in [-0.15, -0.1) is 0 Å². The Balaban J connectivity index is 1.98. The van der Waals surface area contributed by atoms with Crippen LogP contribution >= 0.6 is 34.8 Å². The lowest BCUT2D eigenvalue weighted by Gasteiger charge is -2.21. The van der Waals surface area contributed by atoms with E-state index < -0.39 is 10.1 Å². The van der Waals surface area contributed by atoms with Crippen LogP contribution in [0.1, 0.15) is 6.92 Å². The van der Waals surface area contributed by atoms with E-state index in [1.54, 1.807) is 0 Å². The quantitative estimate of drug-likeness (QED) is 0.740. The normalized spacial score (nSPS) is 17.5. The third-order valence-electron chi connectivity index (χ3n) is 3.17. The molecule has 23 heavy (non-hydrogen) atoms. The summed E-state index contributed by atoms with van der Waals surface area (Å²) >= 11 is 17.7. The van der Waals surface area contributed by atoms with Gasteiger partial charge in [-0.1, -0.05) is 41.7 Å². The average Bonchev–Trinajstić information content (AvgIpc) is 2.86. The molecule has 10 heteroatoms. The zero-order valence-electron chi connectivity index (χ0n) is 11.8. The number of fused-ring (bicyclic) bond motifs is 1. The largest absolute Gasteiger partial charge is 0.476 e. The van der Waals surface area contributed by atoms with E-state index in [0.29, 0.717) is 13.2 Å². The molecule has 2 heterocycles. The summed E-state index contributed by atoms with van der Waals surface area (Å²) in [6.45, 7) is 2.94. The van der Waals surface area contributed by atoms with Crippen molar-refractivity contribution in [3.8, 4) is 11.6 Å². The van der Waals surface area contributed by atoms with Gasteiger partial charge in [0.05, 0.1) is 29.4 Å². The minimum atomic E-state index is -4.21. The molecule has 0 spiro atoms. The Hall–Kier alpha value is -1.15. The molecule has 124 valence electrons. The molecule has 1 atom stereocenters. The second-order valence-electron chi connectivity index (χ2n) is 5.15. The Bertz CT molecular complexity index is 843. The van der Waals surface area contributed by atoms with Gasteiger partial charge in [-0.25, -0.2) is 4.68 Å². The summed E-state index contributed by atoms with van der Waals surface area (Å²) in [6.07, 6.45) is 1.18. The predicted octanol–water partition coefficient (Wildman–Crippen LogP) is 3.64. The van der Waals surface area contributed by atoms with Gasteiger partial charge in [0, 0.05) is 10.9 Å². The Morgan fingerprint density at radius 3 is 2.61 bits per heavy atom. The standard InChI is InChI=1S/C13H11Cl3N2O4S/c1-7-5-18-13(21-6-7)11(4-17-18)23(19,20)22-12-9(15)2-8(14)3-10(12)16/h2-4,7H,5-6H2,1H3. The molecule has 1 aliphatic heterocycles. The van der Waals surface area contributed by atoms with Crippen LogP contribution in [0.2, 0.25) is 15.1 Å². The summed E-state index contributed by atoms with van der Waals surface area (Å²) in [6, 6.07) is 2.68. The highest BCUT2D eigenvalue weighted by Gasteiger charge is 2.31. The summed E-state index contributed by atoms with van der Waals surface area (Å²) in [5.74, 6) is 0.185. The lowest BCUT2D eigenvalue weighted by molar-refractivity contribution is 0.170. The number of halogens is 3. The van der Waals surface area contributed by atoms with Crippen LogP contribution in [-0.2, 0) is 16.7 Å². The molecule has 1 aromatic heterocycles. The first-order valence-electron chi connectivity index (χ1n) is 6.55. The molecule has 0 fully saturated rings. The first-order chi connectivity index (χ1) is 10.8. The third-order valence-corrected chi connectivity index (χ3v) is 5.16. The summed E-state index contributed by atoms with van der Waals surface area (Å²) in [4.78, 5) is -0.175. The van der Waals surface area contributed by atoms with Crippen molar-refractivity contribution in [2.24, 2.45) is 5.92 Å². The lowest BCUT2D eigenvalue weighted by atomic mass is 10.2. The smallest absolute Gasteiger partial charge is 0.346 e. The SMILES string of the molecule is CC1COc2c(S(=O)(=O)Oc3c(Cl)cc(Cl)cc3Cl)cnn2C1. The van der Waals surface area contributed by atoms with E-state index in [1.165, 1.54) is 23.0 Å². The van der Waals surface area contributed by atoms with E-state index in [2.05, 4.69) is 5.10 Å². The van der Waals surface area contributed by atoms with Gasteiger partial charge in [-0.3, -0.25) is 0 Å². The predicted molar refractivity (Wildman–Crippen MR) is 86.2 cm³/mol. The van der Waals surface area contributed by atoms with Crippen molar-refractivity contribution in [2.75, 3.05) is 6.61 Å². The molecular weight excluding hydrogens is 387 g/mol. The first kappa shape index (κ1) is 16.7. The van der Waals surface area contributed by atoms with Gasteiger partial charge in [0.25, 0.3) is 0 Å². The Morgan fingerprint density at radius 2 is 1.96 bits per heavy atom. The molecule has 0 amide bonds. The Labute approximate surface area is 148 Å². The molecule has 6 nitrogen and oxygen atoms in total. The number of rotatable bonds is 3. The van der Waals surface area contributed by atoms with E-state index in [0.717, 1.165) is 0 Å². The second-order valence-corrected chi connectivity index (χ2v) is 7.91. The molecule has 0 bridgehead atoms. The van der Waals surface area contributed by atoms with Gasteiger partial charge < -0.3 is 8.92 Å². The monoisotopic (exact) mass is 396 g/mol. The minimum absolute atomic E-state index is 0.0124. The van der Waals surface area contributed by atoms with E-state index >= 15 is 0 Å². The number of hydrogen-bond donors (Lipinski definition) is 0. The second kappa shape index (κ2) is 6.05. The fraction of sp³-hybridized carbons (Fsp3) is 0.308. The molecule has 3 rings (SSSR count). The van der Waals surface area contributed by atoms with Gasteiger partial charge in [0.2, 0.25) is 5.88 Å². The van der Waals surface area contributed by atoms with Crippen LogP contribution in [0.5, 0.6) is 11.6 Å². The van der Waals surface area contributed by atoms with Crippen LogP contribution in [0.25, 0.3) is 0 Å². The van der Waals surface area contributed by atoms with Gasteiger partial charge in [-0.2, -0.15) is 13.5 Å². The zero-order valence-corrected chi connectivity index (χ0v) is 14.9. The van der Waals surface area contributed by atoms with E-state index in [1.807, 2.05) is 6.92 Å². The van der Waals surface area contributed by atoms with Crippen molar-refractivity contribution in [3.05, 3.63) is 33.4 Å². The van der Waals surface area contributed by atoms with Gasteiger partial charge in [-0.05, 0) is 12.1 Å². The van der Waals surface area contributed by atoms with E-state index in [9.17, 15) is 8.42 Å². The highest BCUT2D eigenvalue weighted by molar-refractivity contribution is 7.87. The van der Waals surface area contributed by atoms with Crippen molar-refractivity contribution in [2.45, 2.75) is 18.4 Å². The molecule has 1 aliphatic rings. The van der Waals surface area contributed by atoms with Crippen molar-refractivity contribution in [1.82, 2.24) is 9.78 Å². The summed E-state index contributed by atoms with van der Waals surface area (Å²) in [7, 11) is -4.21. The molecule has 1 aromatic carbocycles. The molecule has 1 unspecified atom stereocenters. The number of hydrogen-bond acceptors (Lipinski definition) is 5. The molecule has 0 saturated heterocycles. The fourth-order valence-electron chi connectivity index (χ4n) is 2.14. The molecule has 0 radical (unpaired) electrons. The van der Waals surface area contributed by atoms with Crippen LogP contribution in [0.15, 0.2) is 23.2 Å². The van der Waals surface area contributed by atoms with Crippen LogP contribution in [0, 0.1) is 5.92 Å².